The fourth-order valence-electron chi connectivity index (χ4n) is 3.89. The van der Waals surface area contributed by atoms with E-state index in [9.17, 15) is 5.21 Å². The fraction of sp³-hybridized carbons (Fsp3) is 0.611. The van der Waals surface area contributed by atoms with Crippen LogP contribution in [0.4, 0.5) is 0 Å². The van der Waals surface area contributed by atoms with Gasteiger partial charge in [-0.15, -0.1) is 4.95 Å². The van der Waals surface area contributed by atoms with Gasteiger partial charge in [0, 0.05) is 29.4 Å². The summed E-state index contributed by atoms with van der Waals surface area (Å²) in [5.74, 6) is 0.396. The predicted molar refractivity (Wildman–Crippen MR) is 91.1 cm³/mol. The highest BCUT2D eigenvalue weighted by atomic mass is 16.5. The van der Waals surface area contributed by atoms with Crippen LogP contribution in [0.3, 0.4) is 0 Å². The minimum Gasteiger partial charge on any atom is -0.313 e. The molecule has 124 valence electrons. The van der Waals surface area contributed by atoms with Crippen molar-refractivity contribution in [3.8, 4) is 0 Å². The number of piperidine rings is 1. The summed E-state index contributed by atoms with van der Waals surface area (Å²) in [5, 5.41) is 15.9. The second kappa shape index (κ2) is 6.77. The standard InChI is InChI=1S/C18H26N4O/c1-17(2)12-14(13-18(3,4)22(17)23)10-16(21-19-5)11-15-8-6-7-9-20-15/h6-9,14,23H,10-13H2,1-4H3/b21-16-. The SMILES string of the molecule is [C-]#[N+]/N=C(\Cc1ccccn1)CC1CC(C)(C)N(O)C(C)(C)C1. The first kappa shape index (κ1) is 17.6. The van der Waals surface area contributed by atoms with Gasteiger partial charge in [0.2, 0.25) is 0 Å². The summed E-state index contributed by atoms with van der Waals surface area (Å²) in [6, 6.07) is 5.80. The lowest BCUT2D eigenvalue weighted by molar-refractivity contribution is -0.250. The minimum absolute atomic E-state index is 0.277. The van der Waals surface area contributed by atoms with Crippen LogP contribution in [0, 0.1) is 12.5 Å². The van der Waals surface area contributed by atoms with E-state index in [-0.39, 0.29) is 11.1 Å². The van der Waals surface area contributed by atoms with Crippen LogP contribution >= 0.6 is 0 Å². The number of hydroxylamine groups is 2. The van der Waals surface area contributed by atoms with Crippen molar-refractivity contribution < 1.29 is 5.21 Å². The summed E-state index contributed by atoms with van der Waals surface area (Å²) in [6.07, 6.45) is 4.92. The Morgan fingerprint density at radius 2 is 2.00 bits per heavy atom. The van der Waals surface area contributed by atoms with E-state index in [0.29, 0.717) is 12.3 Å². The Kier molecular flexibility index (Phi) is 5.18. The lowest BCUT2D eigenvalue weighted by Crippen LogP contribution is -2.59. The molecular weight excluding hydrogens is 288 g/mol. The molecule has 1 aliphatic heterocycles. The molecule has 0 aromatic carbocycles. The predicted octanol–water partition coefficient (Wildman–Crippen LogP) is 3.95. The Balaban J connectivity index is 2.12. The van der Waals surface area contributed by atoms with Crippen molar-refractivity contribution in [1.82, 2.24) is 10.0 Å². The minimum atomic E-state index is -0.277. The number of pyridine rings is 1. The third kappa shape index (κ3) is 4.37. The molecule has 0 saturated carbocycles. The lowest BCUT2D eigenvalue weighted by Gasteiger charge is -2.51. The van der Waals surface area contributed by atoms with Crippen LogP contribution in [0.5, 0.6) is 0 Å². The summed E-state index contributed by atoms with van der Waals surface area (Å²) in [7, 11) is 0. The van der Waals surface area contributed by atoms with Crippen LogP contribution in [-0.2, 0) is 6.42 Å². The van der Waals surface area contributed by atoms with Gasteiger partial charge in [0.1, 0.15) is 5.71 Å². The zero-order valence-corrected chi connectivity index (χ0v) is 14.5. The number of hydrogen-bond donors (Lipinski definition) is 1. The van der Waals surface area contributed by atoms with Crippen LogP contribution in [-0.4, -0.2) is 32.0 Å². The molecule has 0 unspecified atom stereocenters. The van der Waals surface area contributed by atoms with Gasteiger partial charge in [-0.25, -0.2) is 0 Å². The smallest absolute Gasteiger partial charge is 0.107 e. The van der Waals surface area contributed by atoms with Crippen LogP contribution in [0.15, 0.2) is 29.5 Å². The molecule has 1 fully saturated rings. The van der Waals surface area contributed by atoms with Crippen molar-refractivity contribution >= 4 is 5.71 Å². The molecule has 1 N–H and O–H groups in total. The molecule has 1 aromatic rings. The molecule has 0 amide bonds. The van der Waals surface area contributed by atoms with Gasteiger partial charge in [0.05, 0.1) is 5.10 Å². The highest BCUT2D eigenvalue weighted by Gasteiger charge is 2.45. The Morgan fingerprint density at radius 1 is 1.35 bits per heavy atom. The van der Waals surface area contributed by atoms with E-state index < -0.39 is 0 Å². The van der Waals surface area contributed by atoms with Crippen LogP contribution in [0.2, 0.25) is 0 Å². The van der Waals surface area contributed by atoms with Gasteiger partial charge in [-0.3, -0.25) is 4.98 Å². The third-order valence-corrected chi connectivity index (χ3v) is 4.55. The topological polar surface area (TPSA) is 53.1 Å². The first-order valence-corrected chi connectivity index (χ1v) is 8.06. The summed E-state index contributed by atoms with van der Waals surface area (Å²) in [6.45, 7) is 15.3. The molecule has 2 heterocycles. The molecule has 0 atom stereocenters. The van der Waals surface area contributed by atoms with E-state index in [1.54, 1.807) is 6.20 Å². The quantitative estimate of drug-likeness (QED) is 0.520. The molecular formula is C18H26N4O. The summed E-state index contributed by atoms with van der Waals surface area (Å²) < 4.78 is 0. The number of hydrogen-bond acceptors (Lipinski definition) is 4. The molecule has 5 heteroatoms. The van der Waals surface area contributed by atoms with E-state index in [4.69, 9.17) is 6.57 Å². The molecule has 0 aliphatic carbocycles. The molecule has 2 rings (SSSR count). The van der Waals surface area contributed by atoms with E-state index in [2.05, 4.69) is 42.7 Å². The van der Waals surface area contributed by atoms with Crippen molar-refractivity contribution in [2.75, 3.05) is 0 Å². The molecule has 5 nitrogen and oxygen atoms in total. The van der Waals surface area contributed by atoms with Crippen LogP contribution in [0.25, 0.3) is 4.95 Å². The molecule has 0 bridgehead atoms. The van der Waals surface area contributed by atoms with E-state index >= 15 is 0 Å². The number of aromatic nitrogens is 1. The fourth-order valence-corrected chi connectivity index (χ4v) is 3.89. The Hall–Kier alpha value is -1.77. The molecule has 0 radical (unpaired) electrons. The molecule has 0 spiro atoms. The monoisotopic (exact) mass is 314 g/mol. The van der Waals surface area contributed by atoms with E-state index in [1.807, 2.05) is 18.2 Å². The summed E-state index contributed by atoms with van der Waals surface area (Å²) in [5.41, 5.74) is 1.26. The van der Waals surface area contributed by atoms with Gasteiger partial charge in [0.15, 0.2) is 0 Å². The van der Waals surface area contributed by atoms with Gasteiger partial charge in [-0.2, -0.15) is 11.6 Å². The van der Waals surface area contributed by atoms with Gasteiger partial charge in [-0.05, 0) is 65.0 Å². The Morgan fingerprint density at radius 3 is 2.52 bits per heavy atom. The first-order valence-electron chi connectivity index (χ1n) is 8.06. The van der Waals surface area contributed by atoms with E-state index in [1.165, 1.54) is 5.06 Å². The summed E-state index contributed by atoms with van der Waals surface area (Å²) >= 11 is 0. The zero-order chi connectivity index (χ0) is 17.1. The number of rotatable bonds is 4. The van der Waals surface area contributed by atoms with E-state index in [0.717, 1.165) is 30.7 Å². The van der Waals surface area contributed by atoms with Gasteiger partial charge >= 0.3 is 0 Å². The Bertz CT molecular complexity index is 583. The summed E-state index contributed by atoms with van der Waals surface area (Å²) in [4.78, 5) is 7.57. The van der Waals surface area contributed by atoms with Gasteiger partial charge in [-0.1, -0.05) is 6.07 Å². The largest absolute Gasteiger partial charge is 0.313 e. The molecule has 1 aromatic heterocycles. The molecule has 1 saturated heterocycles. The second-order valence-corrected chi connectivity index (χ2v) is 7.68. The first-order chi connectivity index (χ1) is 10.7. The number of nitrogens with zero attached hydrogens (tertiary/aromatic N) is 4. The van der Waals surface area contributed by atoms with Gasteiger partial charge < -0.3 is 5.21 Å². The highest BCUT2D eigenvalue weighted by molar-refractivity contribution is 5.86. The lowest BCUT2D eigenvalue weighted by atomic mass is 9.73. The van der Waals surface area contributed by atoms with Crippen LogP contribution < -0.4 is 0 Å². The van der Waals surface area contributed by atoms with Crippen molar-refractivity contribution in [3.63, 3.8) is 0 Å². The van der Waals surface area contributed by atoms with Crippen molar-refractivity contribution in [1.29, 1.82) is 0 Å². The maximum Gasteiger partial charge on any atom is 0.107 e. The maximum atomic E-state index is 10.4. The average molecular weight is 314 g/mol. The Labute approximate surface area is 138 Å². The van der Waals surface area contributed by atoms with Crippen molar-refractivity contribution in [2.45, 2.75) is 64.5 Å². The van der Waals surface area contributed by atoms with Crippen LogP contribution in [0.1, 0.15) is 52.7 Å². The van der Waals surface area contributed by atoms with Gasteiger partial charge in [0.25, 0.3) is 0 Å². The second-order valence-electron chi connectivity index (χ2n) is 7.68. The normalized spacial score (nSPS) is 21.8. The van der Waals surface area contributed by atoms with Crippen molar-refractivity contribution in [3.05, 3.63) is 41.6 Å². The molecule has 1 aliphatic rings. The third-order valence-electron chi connectivity index (χ3n) is 4.55. The zero-order valence-electron chi connectivity index (χ0n) is 14.5. The van der Waals surface area contributed by atoms with Crippen molar-refractivity contribution in [2.24, 2.45) is 11.0 Å². The highest BCUT2D eigenvalue weighted by Crippen LogP contribution is 2.41. The maximum absolute atomic E-state index is 10.4. The average Bonchev–Trinajstić information content (AvgIpc) is 2.45. The molecule has 23 heavy (non-hydrogen) atoms.